The first-order valence-electron chi connectivity index (χ1n) is 8.28. The Morgan fingerprint density at radius 1 is 0.810 bits per heavy atom. The van der Waals surface area contributed by atoms with E-state index in [9.17, 15) is 4.79 Å². The number of thiol groups is 1. The lowest BCUT2D eigenvalue weighted by molar-refractivity contribution is -0.116. The van der Waals surface area contributed by atoms with Crippen molar-refractivity contribution in [3.05, 3.63) is 30.3 Å². The van der Waals surface area contributed by atoms with E-state index in [1.165, 1.54) is 51.4 Å². The molecule has 3 heteroatoms. The topological polar surface area (TPSA) is 29.1 Å². The molecule has 2 nitrogen and oxygen atoms in total. The smallest absolute Gasteiger partial charge is 0.224 e. The van der Waals surface area contributed by atoms with Gasteiger partial charge in [0, 0.05) is 12.1 Å². The van der Waals surface area contributed by atoms with E-state index in [1.807, 2.05) is 30.3 Å². The highest BCUT2D eigenvalue weighted by molar-refractivity contribution is 7.80. The van der Waals surface area contributed by atoms with Gasteiger partial charge in [-0.05, 0) is 30.7 Å². The fourth-order valence-corrected chi connectivity index (χ4v) is 2.60. The van der Waals surface area contributed by atoms with Gasteiger partial charge in [0.15, 0.2) is 0 Å². The Kier molecular flexibility index (Phi) is 11.0. The molecule has 0 radical (unpaired) electrons. The maximum atomic E-state index is 11.7. The van der Waals surface area contributed by atoms with Crippen LogP contribution in [0, 0.1) is 0 Å². The number of rotatable bonds is 12. The van der Waals surface area contributed by atoms with E-state index in [0.717, 1.165) is 17.9 Å². The molecule has 1 N–H and O–H groups in total. The summed E-state index contributed by atoms with van der Waals surface area (Å²) in [5, 5.41) is 2.93. The van der Waals surface area contributed by atoms with Crippen LogP contribution in [0.4, 0.5) is 5.69 Å². The van der Waals surface area contributed by atoms with Crippen molar-refractivity contribution in [2.45, 2.75) is 64.2 Å². The van der Waals surface area contributed by atoms with Gasteiger partial charge in [-0.2, -0.15) is 12.6 Å². The number of amides is 1. The normalized spacial score (nSPS) is 10.5. The van der Waals surface area contributed by atoms with Gasteiger partial charge in [-0.15, -0.1) is 0 Å². The van der Waals surface area contributed by atoms with Gasteiger partial charge in [-0.3, -0.25) is 4.79 Å². The lowest BCUT2D eigenvalue weighted by atomic mass is 10.1. The molecule has 0 atom stereocenters. The van der Waals surface area contributed by atoms with Crippen LogP contribution >= 0.6 is 12.6 Å². The van der Waals surface area contributed by atoms with Crippen molar-refractivity contribution >= 4 is 24.2 Å². The number of anilines is 1. The minimum Gasteiger partial charge on any atom is -0.326 e. The molecule has 1 rings (SSSR count). The summed E-state index contributed by atoms with van der Waals surface area (Å²) in [6.07, 6.45) is 12.0. The Hall–Kier alpha value is -0.960. The third-order valence-electron chi connectivity index (χ3n) is 3.62. The van der Waals surface area contributed by atoms with Crippen LogP contribution in [0.1, 0.15) is 64.2 Å². The van der Waals surface area contributed by atoms with Crippen molar-refractivity contribution in [3.8, 4) is 0 Å². The van der Waals surface area contributed by atoms with Gasteiger partial charge >= 0.3 is 0 Å². The Morgan fingerprint density at radius 2 is 1.33 bits per heavy atom. The highest BCUT2D eigenvalue weighted by Crippen LogP contribution is 2.12. The molecule has 0 saturated heterocycles. The monoisotopic (exact) mass is 307 g/mol. The molecule has 0 aliphatic rings. The average molecular weight is 308 g/mol. The van der Waals surface area contributed by atoms with Crippen molar-refractivity contribution in [2.75, 3.05) is 11.1 Å². The third kappa shape index (κ3) is 10.4. The summed E-state index contributed by atoms with van der Waals surface area (Å²) in [6.45, 7) is 0. The van der Waals surface area contributed by atoms with E-state index < -0.39 is 0 Å². The second-order valence-corrected chi connectivity index (χ2v) is 6.02. The largest absolute Gasteiger partial charge is 0.326 e. The molecule has 21 heavy (non-hydrogen) atoms. The maximum absolute atomic E-state index is 11.7. The highest BCUT2D eigenvalue weighted by Gasteiger charge is 2.01. The molecular weight excluding hydrogens is 278 g/mol. The molecule has 0 fully saturated rings. The molecule has 0 spiro atoms. The van der Waals surface area contributed by atoms with E-state index in [-0.39, 0.29) is 5.91 Å². The summed E-state index contributed by atoms with van der Waals surface area (Å²) in [7, 11) is 0. The second-order valence-electron chi connectivity index (χ2n) is 5.57. The molecule has 1 amide bonds. The van der Waals surface area contributed by atoms with Crippen molar-refractivity contribution in [1.29, 1.82) is 0 Å². The molecule has 1 aromatic rings. The van der Waals surface area contributed by atoms with Gasteiger partial charge < -0.3 is 5.32 Å². The fraction of sp³-hybridized carbons (Fsp3) is 0.611. The summed E-state index contributed by atoms with van der Waals surface area (Å²) in [6, 6.07) is 9.67. The molecule has 0 bridgehead atoms. The summed E-state index contributed by atoms with van der Waals surface area (Å²) in [5.74, 6) is 1.15. The van der Waals surface area contributed by atoms with E-state index in [4.69, 9.17) is 0 Å². The Labute approximate surface area is 135 Å². The molecule has 118 valence electrons. The van der Waals surface area contributed by atoms with Crippen molar-refractivity contribution in [2.24, 2.45) is 0 Å². The summed E-state index contributed by atoms with van der Waals surface area (Å²) in [5.41, 5.74) is 0.892. The van der Waals surface area contributed by atoms with Crippen LogP contribution in [0.2, 0.25) is 0 Å². The van der Waals surface area contributed by atoms with E-state index in [0.29, 0.717) is 6.42 Å². The molecule has 0 aromatic heterocycles. The van der Waals surface area contributed by atoms with Crippen LogP contribution in [0.15, 0.2) is 30.3 Å². The van der Waals surface area contributed by atoms with Gasteiger partial charge in [-0.1, -0.05) is 63.1 Å². The van der Waals surface area contributed by atoms with Gasteiger partial charge in [0.1, 0.15) is 0 Å². The SMILES string of the molecule is O=C(CCCCCCCCCCCS)Nc1ccccc1. The zero-order valence-corrected chi connectivity index (χ0v) is 13.9. The third-order valence-corrected chi connectivity index (χ3v) is 3.94. The number of carbonyl (C=O) groups is 1. The molecule has 0 saturated carbocycles. The van der Waals surface area contributed by atoms with Gasteiger partial charge in [0.25, 0.3) is 0 Å². The van der Waals surface area contributed by atoms with Crippen LogP contribution in [0.3, 0.4) is 0 Å². The number of para-hydroxylation sites is 1. The minimum absolute atomic E-state index is 0.132. The quantitative estimate of drug-likeness (QED) is 0.390. The lowest BCUT2D eigenvalue weighted by Crippen LogP contribution is -2.10. The zero-order valence-electron chi connectivity index (χ0n) is 13.0. The van der Waals surface area contributed by atoms with E-state index in [1.54, 1.807) is 0 Å². The van der Waals surface area contributed by atoms with Crippen LogP contribution < -0.4 is 5.32 Å². The highest BCUT2D eigenvalue weighted by atomic mass is 32.1. The lowest BCUT2D eigenvalue weighted by Gasteiger charge is -2.05. The standard InChI is InChI=1S/C18H29NOS/c20-18(19-17-13-9-8-10-14-17)15-11-6-4-2-1-3-5-7-12-16-21/h8-10,13-14,21H,1-7,11-12,15-16H2,(H,19,20). The summed E-state index contributed by atoms with van der Waals surface area (Å²) >= 11 is 4.22. The Morgan fingerprint density at radius 3 is 1.90 bits per heavy atom. The Balaban J connectivity index is 1.89. The van der Waals surface area contributed by atoms with Gasteiger partial charge in [0.2, 0.25) is 5.91 Å². The predicted octanol–water partition coefficient (Wildman–Crippen LogP) is 5.46. The van der Waals surface area contributed by atoms with Gasteiger partial charge in [-0.25, -0.2) is 0 Å². The van der Waals surface area contributed by atoms with Gasteiger partial charge in [0.05, 0.1) is 0 Å². The summed E-state index contributed by atoms with van der Waals surface area (Å²) in [4.78, 5) is 11.7. The van der Waals surface area contributed by atoms with Crippen LogP contribution in [0.5, 0.6) is 0 Å². The number of hydrogen-bond acceptors (Lipinski definition) is 2. The molecule has 0 aliphatic carbocycles. The van der Waals surface area contributed by atoms with Crippen molar-refractivity contribution in [3.63, 3.8) is 0 Å². The molecule has 1 aromatic carbocycles. The zero-order chi connectivity index (χ0) is 15.2. The number of nitrogens with one attached hydrogen (secondary N) is 1. The van der Waals surface area contributed by atoms with Crippen LogP contribution in [-0.4, -0.2) is 11.7 Å². The van der Waals surface area contributed by atoms with Crippen molar-refractivity contribution in [1.82, 2.24) is 0 Å². The Bertz CT molecular complexity index is 367. The molecule has 0 aliphatic heterocycles. The molecule has 0 heterocycles. The van der Waals surface area contributed by atoms with E-state index >= 15 is 0 Å². The number of unbranched alkanes of at least 4 members (excludes halogenated alkanes) is 8. The number of hydrogen-bond donors (Lipinski definition) is 2. The average Bonchev–Trinajstić information content (AvgIpc) is 2.50. The summed E-state index contributed by atoms with van der Waals surface area (Å²) < 4.78 is 0. The van der Waals surface area contributed by atoms with Crippen molar-refractivity contribution < 1.29 is 4.79 Å². The number of carbonyl (C=O) groups excluding carboxylic acids is 1. The fourth-order valence-electron chi connectivity index (χ4n) is 2.38. The second kappa shape index (κ2) is 12.8. The first kappa shape index (κ1) is 18.1. The molecular formula is C18H29NOS. The first-order chi connectivity index (χ1) is 10.3. The van der Waals surface area contributed by atoms with Crippen LogP contribution in [0.25, 0.3) is 0 Å². The van der Waals surface area contributed by atoms with E-state index in [2.05, 4.69) is 17.9 Å². The number of benzene rings is 1. The first-order valence-corrected chi connectivity index (χ1v) is 8.92. The minimum atomic E-state index is 0.132. The maximum Gasteiger partial charge on any atom is 0.224 e. The predicted molar refractivity (Wildman–Crippen MR) is 95.1 cm³/mol. The molecule has 0 unspecified atom stereocenters. The van der Waals surface area contributed by atoms with Crippen LogP contribution in [-0.2, 0) is 4.79 Å².